The Morgan fingerprint density at radius 2 is 1.69 bits per heavy atom. The van der Waals surface area contributed by atoms with Gasteiger partial charge in [0.1, 0.15) is 17.0 Å². The Bertz CT molecular complexity index is 806. The van der Waals surface area contributed by atoms with Crippen LogP contribution in [-0.4, -0.2) is 33.7 Å². The molecule has 2 N–H and O–H groups in total. The summed E-state index contributed by atoms with van der Waals surface area (Å²) in [6.07, 6.45) is 0. The van der Waals surface area contributed by atoms with Gasteiger partial charge in [0.05, 0.1) is 11.3 Å². The van der Waals surface area contributed by atoms with Crippen molar-refractivity contribution in [3.63, 3.8) is 0 Å². The molecule has 6 nitrogen and oxygen atoms in total. The quantitative estimate of drug-likeness (QED) is 0.780. The number of carbonyl (C=O) groups excluding carboxylic acids is 1. The standard InChI is InChI=1S/C20H24N2O4/c1-12(2)21-17-15(18(23)24)10-11-16(22-17)13-6-8-14(9-7-13)19(25)26-20(3,4)5/h6-12H,1-5H3,(H,21,22)(H,23,24). The molecule has 0 atom stereocenters. The van der Waals surface area contributed by atoms with Crippen molar-refractivity contribution < 1.29 is 19.4 Å². The zero-order valence-corrected chi connectivity index (χ0v) is 15.7. The van der Waals surface area contributed by atoms with Crippen molar-refractivity contribution in [1.29, 1.82) is 0 Å². The van der Waals surface area contributed by atoms with Crippen LogP contribution in [0, 0.1) is 0 Å². The summed E-state index contributed by atoms with van der Waals surface area (Å²) in [5.74, 6) is -1.10. The molecule has 0 radical (unpaired) electrons. The summed E-state index contributed by atoms with van der Waals surface area (Å²) in [6, 6.07) is 10.1. The number of benzene rings is 1. The van der Waals surface area contributed by atoms with E-state index in [0.29, 0.717) is 17.1 Å². The Kier molecular flexibility index (Phi) is 5.65. The maximum atomic E-state index is 12.1. The average Bonchev–Trinajstić information content (AvgIpc) is 2.52. The van der Waals surface area contributed by atoms with Crippen molar-refractivity contribution in [2.45, 2.75) is 46.3 Å². The maximum Gasteiger partial charge on any atom is 0.339 e. The van der Waals surface area contributed by atoms with Gasteiger partial charge >= 0.3 is 11.9 Å². The first-order chi connectivity index (χ1) is 12.1. The van der Waals surface area contributed by atoms with Gasteiger partial charge in [0, 0.05) is 11.6 Å². The normalized spacial score (nSPS) is 11.3. The van der Waals surface area contributed by atoms with Gasteiger partial charge < -0.3 is 15.2 Å². The van der Waals surface area contributed by atoms with Crippen LogP contribution in [0.3, 0.4) is 0 Å². The average molecular weight is 356 g/mol. The SMILES string of the molecule is CC(C)Nc1nc(-c2ccc(C(=O)OC(C)(C)C)cc2)ccc1C(=O)O. The van der Waals surface area contributed by atoms with E-state index in [4.69, 9.17) is 4.74 Å². The van der Waals surface area contributed by atoms with Crippen LogP contribution < -0.4 is 5.32 Å². The number of anilines is 1. The molecule has 1 aromatic carbocycles. The fraction of sp³-hybridized carbons (Fsp3) is 0.350. The monoisotopic (exact) mass is 356 g/mol. The van der Waals surface area contributed by atoms with Crippen LogP contribution >= 0.6 is 0 Å². The number of rotatable bonds is 5. The van der Waals surface area contributed by atoms with Gasteiger partial charge in [-0.25, -0.2) is 14.6 Å². The van der Waals surface area contributed by atoms with Crippen LogP contribution in [0.4, 0.5) is 5.82 Å². The number of carbonyl (C=O) groups is 2. The first-order valence-electron chi connectivity index (χ1n) is 8.41. The number of aromatic carboxylic acids is 1. The Hall–Kier alpha value is -2.89. The molecule has 0 fully saturated rings. The minimum atomic E-state index is -1.03. The zero-order valence-electron chi connectivity index (χ0n) is 15.7. The number of carboxylic acid groups (broad SMARTS) is 1. The van der Waals surface area contributed by atoms with Crippen LogP contribution in [0.25, 0.3) is 11.3 Å². The van der Waals surface area contributed by atoms with Gasteiger partial charge in [0.25, 0.3) is 0 Å². The van der Waals surface area contributed by atoms with E-state index in [0.717, 1.165) is 5.56 Å². The zero-order chi connectivity index (χ0) is 19.5. The van der Waals surface area contributed by atoms with Crippen molar-refractivity contribution >= 4 is 17.8 Å². The van der Waals surface area contributed by atoms with Gasteiger partial charge in [-0.3, -0.25) is 0 Å². The number of hydrogen-bond acceptors (Lipinski definition) is 5. The smallest absolute Gasteiger partial charge is 0.339 e. The number of hydrogen-bond donors (Lipinski definition) is 2. The molecule has 0 aliphatic carbocycles. The molecule has 0 saturated heterocycles. The van der Waals surface area contributed by atoms with Gasteiger partial charge in [-0.1, -0.05) is 12.1 Å². The molecule has 0 amide bonds. The summed E-state index contributed by atoms with van der Waals surface area (Å²) in [5, 5.41) is 12.4. The van der Waals surface area contributed by atoms with Crippen LogP contribution in [0.5, 0.6) is 0 Å². The summed E-state index contributed by atoms with van der Waals surface area (Å²) in [4.78, 5) is 27.9. The molecule has 138 valence electrons. The maximum absolute atomic E-state index is 12.1. The van der Waals surface area contributed by atoms with Crippen molar-refractivity contribution in [1.82, 2.24) is 4.98 Å². The lowest BCUT2D eigenvalue weighted by atomic mass is 10.1. The predicted octanol–water partition coefficient (Wildman–Crippen LogP) is 4.22. The fourth-order valence-corrected chi connectivity index (χ4v) is 2.29. The van der Waals surface area contributed by atoms with Crippen LogP contribution in [-0.2, 0) is 4.74 Å². The Morgan fingerprint density at radius 3 is 2.19 bits per heavy atom. The summed E-state index contributed by atoms with van der Waals surface area (Å²) < 4.78 is 5.34. The predicted molar refractivity (Wildman–Crippen MR) is 101 cm³/mol. The van der Waals surface area contributed by atoms with Crippen molar-refractivity contribution in [2.75, 3.05) is 5.32 Å². The lowest BCUT2D eigenvalue weighted by Crippen LogP contribution is -2.23. The summed E-state index contributed by atoms with van der Waals surface area (Å²) in [5.41, 5.74) is 1.41. The highest BCUT2D eigenvalue weighted by atomic mass is 16.6. The summed E-state index contributed by atoms with van der Waals surface area (Å²) in [7, 11) is 0. The van der Waals surface area contributed by atoms with E-state index >= 15 is 0 Å². The third-order valence-electron chi connectivity index (χ3n) is 3.37. The molecule has 0 spiro atoms. The van der Waals surface area contributed by atoms with Gasteiger partial charge in [-0.05, 0) is 58.9 Å². The highest BCUT2D eigenvalue weighted by Crippen LogP contribution is 2.23. The summed E-state index contributed by atoms with van der Waals surface area (Å²) >= 11 is 0. The molecular formula is C20H24N2O4. The molecule has 2 aromatic rings. The second-order valence-electron chi connectivity index (χ2n) is 7.28. The number of ether oxygens (including phenoxy) is 1. The van der Waals surface area contributed by atoms with E-state index in [9.17, 15) is 14.7 Å². The van der Waals surface area contributed by atoms with Gasteiger partial charge in [0.2, 0.25) is 0 Å². The third kappa shape index (κ3) is 5.05. The largest absolute Gasteiger partial charge is 0.478 e. The molecule has 1 aromatic heterocycles. The van der Waals surface area contributed by atoms with E-state index in [1.807, 2.05) is 34.6 Å². The lowest BCUT2D eigenvalue weighted by Gasteiger charge is -2.19. The topological polar surface area (TPSA) is 88.5 Å². The molecule has 6 heteroatoms. The second kappa shape index (κ2) is 7.56. The van der Waals surface area contributed by atoms with Crippen LogP contribution in [0.2, 0.25) is 0 Å². The first kappa shape index (κ1) is 19.4. The van der Waals surface area contributed by atoms with E-state index in [2.05, 4.69) is 10.3 Å². The van der Waals surface area contributed by atoms with E-state index < -0.39 is 11.6 Å². The molecule has 2 rings (SSSR count). The van der Waals surface area contributed by atoms with Gasteiger partial charge in [-0.2, -0.15) is 0 Å². The first-order valence-corrected chi connectivity index (χ1v) is 8.41. The third-order valence-corrected chi connectivity index (χ3v) is 3.37. The summed E-state index contributed by atoms with van der Waals surface area (Å²) in [6.45, 7) is 9.27. The van der Waals surface area contributed by atoms with E-state index in [1.54, 1.807) is 30.3 Å². The molecule has 0 bridgehead atoms. The van der Waals surface area contributed by atoms with Crippen LogP contribution in [0.1, 0.15) is 55.3 Å². The molecule has 0 saturated carbocycles. The molecule has 0 aliphatic heterocycles. The number of pyridine rings is 1. The van der Waals surface area contributed by atoms with E-state index in [1.165, 1.54) is 6.07 Å². The highest BCUT2D eigenvalue weighted by molar-refractivity contribution is 5.94. The van der Waals surface area contributed by atoms with Crippen LogP contribution in [0.15, 0.2) is 36.4 Å². The van der Waals surface area contributed by atoms with Gasteiger partial charge in [0.15, 0.2) is 0 Å². The number of carboxylic acids is 1. The van der Waals surface area contributed by atoms with Gasteiger partial charge in [-0.15, -0.1) is 0 Å². The minimum Gasteiger partial charge on any atom is -0.478 e. The van der Waals surface area contributed by atoms with Crippen molar-refractivity contribution in [3.8, 4) is 11.3 Å². The Balaban J connectivity index is 2.31. The van der Waals surface area contributed by atoms with E-state index in [-0.39, 0.29) is 17.6 Å². The molecule has 0 aliphatic rings. The second-order valence-corrected chi connectivity index (χ2v) is 7.28. The Morgan fingerprint density at radius 1 is 1.08 bits per heavy atom. The fourth-order valence-electron chi connectivity index (χ4n) is 2.29. The number of esters is 1. The Labute approximate surface area is 153 Å². The number of nitrogens with one attached hydrogen (secondary N) is 1. The van der Waals surface area contributed by atoms with Crippen molar-refractivity contribution in [2.24, 2.45) is 0 Å². The molecular weight excluding hydrogens is 332 g/mol. The molecule has 26 heavy (non-hydrogen) atoms. The lowest BCUT2D eigenvalue weighted by molar-refractivity contribution is 0.00693. The molecule has 0 unspecified atom stereocenters. The highest BCUT2D eigenvalue weighted by Gasteiger charge is 2.18. The minimum absolute atomic E-state index is 0.0467. The number of nitrogens with zero attached hydrogens (tertiary/aromatic N) is 1. The molecule has 1 heterocycles. The number of aromatic nitrogens is 1. The van der Waals surface area contributed by atoms with Crippen molar-refractivity contribution in [3.05, 3.63) is 47.5 Å².